The third-order valence-corrected chi connectivity index (χ3v) is 6.08. The van der Waals surface area contributed by atoms with E-state index in [1.807, 2.05) is 0 Å². The summed E-state index contributed by atoms with van der Waals surface area (Å²) in [5, 5.41) is 2.75. The van der Waals surface area contributed by atoms with Gasteiger partial charge in [-0.15, -0.1) is 13.2 Å². The summed E-state index contributed by atoms with van der Waals surface area (Å²) in [7, 11) is 1.50. The molecule has 2 amide bonds. The van der Waals surface area contributed by atoms with Crippen molar-refractivity contribution in [2.45, 2.75) is 25.4 Å². The minimum Gasteiger partial charge on any atom is -0.497 e. The molecule has 1 heterocycles. The average Bonchev–Trinajstić information content (AvgIpc) is 3.09. The Balaban J connectivity index is 1.58. The van der Waals surface area contributed by atoms with Gasteiger partial charge in [0.15, 0.2) is 5.11 Å². The number of rotatable bonds is 8. The Labute approximate surface area is 220 Å². The summed E-state index contributed by atoms with van der Waals surface area (Å²) >= 11 is 5.61. The number of amides is 2. The Morgan fingerprint density at radius 3 is 2.16 bits per heavy atom. The molecule has 198 valence electrons. The number of carbonyl (C=O) groups excluding carboxylic acids is 2. The summed E-state index contributed by atoms with van der Waals surface area (Å²) in [4.78, 5) is 29.2. The van der Waals surface area contributed by atoms with Crippen LogP contribution in [0.1, 0.15) is 12.0 Å². The maximum absolute atomic E-state index is 13.5. The number of thiocarbonyl (C=S) groups is 1. The van der Waals surface area contributed by atoms with Crippen molar-refractivity contribution >= 4 is 40.5 Å². The van der Waals surface area contributed by atoms with Gasteiger partial charge in [-0.05, 0) is 78.4 Å². The van der Waals surface area contributed by atoms with Crippen LogP contribution < -0.4 is 19.7 Å². The van der Waals surface area contributed by atoms with Crippen molar-refractivity contribution in [1.82, 2.24) is 4.90 Å². The first-order valence-electron chi connectivity index (χ1n) is 11.2. The molecule has 1 atom stereocenters. The van der Waals surface area contributed by atoms with Crippen molar-refractivity contribution in [3.8, 4) is 11.5 Å². The molecule has 3 aromatic rings. The van der Waals surface area contributed by atoms with E-state index in [0.717, 1.165) is 12.1 Å². The minimum absolute atomic E-state index is 0.0397. The van der Waals surface area contributed by atoms with Crippen molar-refractivity contribution in [3.63, 3.8) is 0 Å². The molecule has 0 unspecified atom stereocenters. The fourth-order valence-electron chi connectivity index (χ4n) is 3.90. The third-order valence-electron chi connectivity index (χ3n) is 5.67. The van der Waals surface area contributed by atoms with Gasteiger partial charge in [0.05, 0.1) is 19.2 Å². The van der Waals surface area contributed by atoms with Crippen LogP contribution >= 0.6 is 12.2 Å². The van der Waals surface area contributed by atoms with Crippen LogP contribution in [-0.4, -0.2) is 41.3 Å². The predicted molar refractivity (Wildman–Crippen MR) is 135 cm³/mol. The number of nitrogens with one attached hydrogen (secondary N) is 1. The van der Waals surface area contributed by atoms with E-state index in [9.17, 15) is 27.2 Å². The van der Waals surface area contributed by atoms with Crippen molar-refractivity contribution in [1.29, 1.82) is 0 Å². The lowest BCUT2D eigenvalue weighted by atomic mass is 10.1. The van der Waals surface area contributed by atoms with Gasteiger partial charge in [-0.25, -0.2) is 4.39 Å². The molecule has 7 nitrogen and oxygen atoms in total. The highest BCUT2D eigenvalue weighted by atomic mass is 32.1. The van der Waals surface area contributed by atoms with Gasteiger partial charge in [0.25, 0.3) is 5.91 Å². The van der Waals surface area contributed by atoms with E-state index < -0.39 is 35.8 Å². The second kappa shape index (κ2) is 11.1. The molecule has 3 aromatic carbocycles. The van der Waals surface area contributed by atoms with E-state index in [2.05, 4.69) is 10.1 Å². The first kappa shape index (κ1) is 26.9. The second-order valence-electron chi connectivity index (χ2n) is 8.25. The van der Waals surface area contributed by atoms with Gasteiger partial charge in [0.2, 0.25) is 5.91 Å². The number of halogens is 4. The summed E-state index contributed by atoms with van der Waals surface area (Å²) in [5.74, 6) is -1.25. The van der Waals surface area contributed by atoms with Crippen molar-refractivity contribution in [2.24, 2.45) is 0 Å². The summed E-state index contributed by atoms with van der Waals surface area (Å²) in [6.07, 6.45) is -5.11. The van der Waals surface area contributed by atoms with Crippen LogP contribution in [0.15, 0.2) is 72.8 Å². The molecule has 1 aliphatic heterocycles. The lowest BCUT2D eigenvalue weighted by Gasteiger charge is -2.24. The van der Waals surface area contributed by atoms with Gasteiger partial charge in [-0.3, -0.25) is 14.5 Å². The van der Waals surface area contributed by atoms with Gasteiger partial charge >= 0.3 is 6.36 Å². The molecular weight excluding hydrogens is 526 g/mol. The van der Waals surface area contributed by atoms with Crippen LogP contribution in [0.4, 0.5) is 28.9 Å². The number of hydrogen-bond donors (Lipinski definition) is 1. The topological polar surface area (TPSA) is 71.1 Å². The van der Waals surface area contributed by atoms with E-state index >= 15 is 0 Å². The quantitative estimate of drug-likeness (QED) is 0.306. The normalized spacial score (nSPS) is 15.6. The zero-order valence-corrected chi connectivity index (χ0v) is 20.7. The molecule has 0 radical (unpaired) electrons. The smallest absolute Gasteiger partial charge is 0.497 e. The monoisotopic (exact) mass is 547 g/mol. The van der Waals surface area contributed by atoms with E-state index in [-0.39, 0.29) is 18.1 Å². The van der Waals surface area contributed by atoms with Crippen LogP contribution in [0, 0.1) is 5.82 Å². The first-order valence-corrected chi connectivity index (χ1v) is 11.6. The molecule has 38 heavy (non-hydrogen) atoms. The van der Waals surface area contributed by atoms with Crippen LogP contribution in [0.2, 0.25) is 0 Å². The summed E-state index contributed by atoms with van der Waals surface area (Å²) in [6.45, 7) is 0.0397. The Bertz CT molecular complexity index is 1320. The fourth-order valence-corrected chi connectivity index (χ4v) is 4.28. The molecule has 12 heteroatoms. The van der Waals surface area contributed by atoms with Crippen LogP contribution in [0.5, 0.6) is 11.5 Å². The van der Waals surface area contributed by atoms with E-state index in [0.29, 0.717) is 22.7 Å². The van der Waals surface area contributed by atoms with Crippen molar-refractivity contribution in [3.05, 3.63) is 84.2 Å². The van der Waals surface area contributed by atoms with Gasteiger partial charge in [0, 0.05) is 12.2 Å². The molecule has 0 bridgehead atoms. The van der Waals surface area contributed by atoms with Crippen molar-refractivity contribution in [2.75, 3.05) is 17.3 Å². The van der Waals surface area contributed by atoms with Gasteiger partial charge < -0.3 is 19.7 Å². The average molecular weight is 548 g/mol. The number of carbonyl (C=O) groups is 2. The number of methoxy groups -OCH3 is 1. The fraction of sp³-hybridized carbons (Fsp3) is 0.192. The van der Waals surface area contributed by atoms with Gasteiger partial charge in [-0.1, -0.05) is 12.1 Å². The highest BCUT2D eigenvalue weighted by Crippen LogP contribution is 2.31. The molecule has 1 saturated heterocycles. The number of anilines is 2. The lowest BCUT2D eigenvalue weighted by Crippen LogP contribution is -2.37. The number of benzene rings is 3. The number of alkyl halides is 3. The first-order chi connectivity index (χ1) is 18.0. The maximum Gasteiger partial charge on any atom is 0.573 e. The Morgan fingerprint density at radius 1 is 0.974 bits per heavy atom. The summed E-state index contributed by atoms with van der Waals surface area (Å²) in [5.41, 5.74) is 1.35. The third kappa shape index (κ3) is 6.38. The molecule has 1 fully saturated rings. The molecule has 1 N–H and O–H groups in total. The molecule has 0 aromatic heterocycles. The zero-order chi connectivity index (χ0) is 27.4. The largest absolute Gasteiger partial charge is 0.573 e. The molecule has 0 aliphatic carbocycles. The van der Waals surface area contributed by atoms with Crippen LogP contribution in [-0.2, 0) is 16.1 Å². The molecular formula is C26H21F4N3O4S. The van der Waals surface area contributed by atoms with Crippen LogP contribution in [0.3, 0.4) is 0 Å². The zero-order valence-electron chi connectivity index (χ0n) is 19.9. The highest BCUT2D eigenvalue weighted by Gasteiger charge is 2.44. The SMILES string of the molecule is COc1ccc(N2C(=O)[C@H](CC(=O)Nc3ccc(F)cc3)N(Cc3ccc(OC(F)(F)F)cc3)C2=S)cc1. The number of ether oxygens (including phenoxy) is 2. The lowest BCUT2D eigenvalue weighted by molar-refractivity contribution is -0.274. The Kier molecular flexibility index (Phi) is 7.81. The number of nitrogens with zero attached hydrogens (tertiary/aromatic N) is 2. The van der Waals surface area contributed by atoms with Crippen LogP contribution in [0.25, 0.3) is 0 Å². The Hall–Kier alpha value is -4.19. The van der Waals surface area contributed by atoms with Crippen molar-refractivity contribution < 1.29 is 36.6 Å². The molecule has 4 rings (SSSR count). The van der Waals surface area contributed by atoms with Gasteiger partial charge in [0.1, 0.15) is 23.4 Å². The predicted octanol–water partition coefficient (Wildman–Crippen LogP) is 5.26. The Morgan fingerprint density at radius 2 is 1.58 bits per heavy atom. The van der Waals surface area contributed by atoms with E-state index in [4.69, 9.17) is 17.0 Å². The summed E-state index contributed by atoms with van der Waals surface area (Å²) < 4.78 is 59.8. The highest BCUT2D eigenvalue weighted by molar-refractivity contribution is 7.80. The second-order valence-corrected chi connectivity index (χ2v) is 8.61. The standard InChI is InChI=1S/C26H21F4N3O4S/c1-36-20-12-8-19(9-13-20)33-24(35)22(14-23(34)31-18-6-4-17(27)5-7-18)32(25(33)38)15-16-2-10-21(11-3-16)37-26(28,29)30/h2-13,22H,14-15H2,1H3,(H,31,34)/t22-/m0/s1. The van der Waals surface area contributed by atoms with E-state index in [1.54, 1.807) is 24.3 Å². The molecule has 0 saturated carbocycles. The molecule has 1 aliphatic rings. The molecule has 0 spiro atoms. The van der Waals surface area contributed by atoms with E-state index in [1.165, 1.54) is 53.3 Å². The minimum atomic E-state index is -4.83. The number of hydrogen-bond acceptors (Lipinski definition) is 5. The van der Waals surface area contributed by atoms with Gasteiger partial charge in [-0.2, -0.15) is 0 Å². The summed E-state index contributed by atoms with van der Waals surface area (Å²) in [6, 6.07) is 15.9. The maximum atomic E-state index is 13.5.